The molecule has 0 bridgehead atoms. The van der Waals surface area contributed by atoms with E-state index < -0.39 is 6.04 Å². The maximum absolute atomic E-state index is 12.4. The Bertz CT molecular complexity index is 879. The van der Waals surface area contributed by atoms with Crippen molar-refractivity contribution in [2.75, 3.05) is 6.54 Å². The van der Waals surface area contributed by atoms with Gasteiger partial charge < -0.3 is 10.6 Å². The van der Waals surface area contributed by atoms with Crippen LogP contribution in [0.5, 0.6) is 0 Å². The number of nitrogens with one attached hydrogen (secondary N) is 1. The molecule has 5 heteroatoms. The Morgan fingerprint density at radius 3 is 2.22 bits per heavy atom. The molecular formula is C22H24N4O. The van der Waals surface area contributed by atoms with E-state index in [2.05, 4.69) is 53.6 Å². The summed E-state index contributed by atoms with van der Waals surface area (Å²) in [5.74, 6) is 0.0153. The first kappa shape index (κ1) is 17.5. The molecule has 0 radical (unpaired) electrons. The van der Waals surface area contributed by atoms with E-state index in [1.54, 1.807) is 6.92 Å². The number of hydrogen-bond donors (Lipinski definition) is 2. The summed E-state index contributed by atoms with van der Waals surface area (Å²) >= 11 is 0. The summed E-state index contributed by atoms with van der Waals surface area (Å²) in [5, 5.41) is 7.91. The van der Waals surface area contributed by atoms with Crippen LogP contribution in [0.4, 0.5) is 0 Å². The average Bonchev–Trinajstić information content (AvgIpc) is 3.12. The molecule has 4 rings (SSSR count). The van der Waals surface area contributed by atoms with Crippen LogP contribution in [0.15, 0.2) is 60.7 Å². The minimum Gasteiger partial charge on any atom is -0.337 e. The average molecular weight is 360 g/mol. The largest absolute Gasteiger partial charge is 0.337 e. The van der Waals surface area contributed by atoms with Crippen LogP contribution in [0, 0.1) is 0 Å². The molecule has 1 aliphatic rings. The third-order valence-electron chi connectivity index (χ3n) is 5.21. The molecule has 0 aliphatic carbocycles. The molecule has 0 spiro atoms. The second-order valence-electron chi connectivity index (χ2n) is 7.12. The number of fused-ring (bicyclic) bond motifs is 1. The Hall–Kier alpha value is -2.92. The minimum absolute atomic E-state index is 0.0104. The van der Waals surface area contributed by atoms with Gasteiger partial charge in [0.05, 0.1) is 17.7 Å². The normalized spacial score (nSPS) is 14.9. The molecule has 0 saturated heterocycles. The second kappa shape index (κ2) is 7.37. The fraction of sp³-hybridized carbons (Fsp3) is 0.273. The predicted octanol–water partition coefficient (Wildman–Crippen LogP) is 2.82. The fourth-order valence-corrected chi connectivity index (χ4v) is 3.83. The first-order valence-electron chi connectivity index (χ1n) is 9.35. The lowest BCUT2D eigenvalue weighted by Gasteiger charge is -2.29. The number of rotatable bonds is 4. The molecule has 5 nitrogen and oxygen atoms in total. The second-order valence-corrected chi connectivity index (χ2v) is 7.12. The number of H-pyrrole nitrogens is 1. The Labute approximate surface area is 159 Å². The Morgan fingerprint density at radius 1 is 1.07 bits per heavy atom. The molecule has 0 saturated carbocycles. The van der Waals surface area contributed by atoms with E-state index in [0.717, 1.165) is 23.4 Å². The highest BCUT2D eigenvalue weighted by molar-refractivity contribution is 5.81. The van der Waals surface area contributed by atoms with Gasteiger partial charge in [0, 0.05) is 30.8 Å². The molecule has 2 aromatic carbocycles. The zero-order chi connectivity index (χ0) is 18.8. The van der Waals surface area contributed by atoms with E-state index in [0.29, 0.717) is 13.1 Å². The maximum atomic E-state index is 12.4. The number of carbonyl (C=O) groups excluding carboxylic acids is 1. The van der Waals surface area contributed by atoms with Crippen molar-refractivity contribution in [3.8, 4) is 0 Å². The third-order valence-corrected chi connectivity index (χ3v) is 5.21. The number of amides is 1. The molecule has 2 heterocycles. The van der Waals surface area contributed by atoms with Crippen molar-refractivity contribution in [3.05, 3.63) is 88.7 Å². The van der Waals surface area contributed by atoms with Crippen molar-refractivity contribution in [3.63, 3.8) is 0 Å². The van der Waals surface area contributed by atoms with Gasteiger partial charge in [-0.1, -0.05) is 60.7 Å². The first-order valence-corrected chi connectivity index (χ1v) is 9.35. The maximum Gasteiger partial charge on any atom is 0.239 e. The Balaban J connectivity index is 1.77. The fourth-order valence-electron chi connectivity index (χ4n) is 3.83. The van der Waals surface area contributed by atoms with Gasteiger partial charge >= 0.3 is 0 Å². The highest BCUT2D eigenvalue weighted by Gasteiger charge is 2.30. The van der Waals surface area contributed by atoms with Crippen LogP contribution in [0.1, 0.15) is 40.9 Å². The number of benzene rings is 2. The van der Waals surface area contributed by atoms with Gasteiger partial charge in [0.2, 0.25) is 5.91 Å². The van der Waals surface area contributed by atoms with Gasteiger partial charge in [0.15, 0.2) is 0 Å². The summed E-state index contributed by atoms with van der Waals surface area (Å²) in [6.45, 7) is 2.97. The predicted molar refractivity (Wildman–Crippen MR) is 105 cm³/mol. The van der Waals surface area contributed by atoms with Crippen molar-refractivity contribution < 1.29 is 4.79 Å². The molecular weight excluding hydrogens is 336 g/mol. The highest BCUT2D eigenvalue weighted by atomic mass is 16.2. The van der Waals surface area contributed by atoms with Crippen LogP contribution in [-0.2, 0) is 17.8 Å². The van der Waals surface area contributed by atoms with Crippen LogP contribution < -0.4 is 5.73 Å². The van der Waals surface area contributed by atoms with E-state index in [4.69, 9.17) is 10.8 Å². The lowest BCUT2D eigenvalue weighted by atomic mass is 9.85. The number of carbonyl (C=O) groups is 1. The van der Waals surface area contributed by atoms with Crippen molar-refractivity contribution in [2.45, 2.75) is 31.8 Å². The highest BCUT2D eigenvalue weighted by Crippen LogP contribution is 2.35. The smallest absolute Gasteiger partial charge is 0.239 e. The summed E-state index contributed by atoms with van der Waals surface area (Å²) in [6.07, 6.45) is 0.775. The van der Waals surface area contributed by atoms with E-state index in [1.807, 2.05) is 17.0 Å². The summed E-state index contributed by atoms with van der Waals surface area (Å²) in [4.78, 5) is 14.3. The molecule has 3 aromatic rings. The van der Waals surface area contributed by atoms with Gasteiger partial charge in [-0.05, 0) is 18.1 Å². The molecule has 1 aromatic heterocycles. The lowest BCUT2D eigenvalue weighted by molar-refractivity contribution is -0.133. The molecule has 27 heavy (non-hydrogen) atoms. The number of hydrogen-bond acceptors (Lipinski definition) is 3. The first-order chi connectivity index (χ1) is 13.1. The van der Waals surface area contributed by atoms with Crippen molar-refractivity contribution in [2.24, 2.45) is 5.73 Å². The topological polar surface area (TPSA) is 75.0 Å². The molecule has 0 unspecified atom stereocenters. The number of nitrogens with two attached hydrogens (primary N) is 1. The zero-order valence-corrected chi connectivity index (χ0v) is 15.4. The SMILES string of the molecule is C[C@@H](N)C(=O)N1CCc2[nH]nc(C(c3ccccc3)c3ccccc3)c2C1. The quantitative estimate of drug-likeness (QED) is 0.751. The molecule has 1 amide bonds. The molecule has 1 atom stereocenters. The molecule has 1 aliphatic heterocycles. The molecule has 3 N–H and O–H groups in total. The van der Waals surface area contributed by atoms with Gasteiger partial charge in [0.25, 0.3) is 0 Å². The monoisotopic (exact) mass is 360 g/mol. The minimum atomic E-state index is -0.485. The molecule has 0 fully saturated rings. The van der Waals surface area contributed by atoms with E-state index in [9.17, 15) is 4.79 Å². The zero-order valence-electron chi connectivity index (χ0n) is 15.4. The van der Waals surface area contributed by atoms with Crippen molar-refractivity contribution in [1.82, 2.24) is 15.1 Å². The lowest BCUT2D eigenvalue weighted by Crippen LogP contribution is -2.44. The van der Waals surface area contributed by atoms with Crippen LogP contribution in [0.25, 0.3) is 0 Å². The van der Waals surface area contributed by atoms with Crippen LogP contribution >= 0.6 is 0 Å². The number of aromatic nitrogens is 2. The van der Waals surface area contributed by atoms with Gasteiger partial charge in [-0.3, -0.25) is 9.89 Å². The molecule has 138 valence electrons. The summed E-state index contributed by atoms with van der Waals surface area (Å²) in [7, 11) is 0. The van der Waals surface area contributed by atoms with Gasteiger partial charge in [-0.2, -0.15) is 5.10 Å². The number of aromatic amines is 1. The van der Waals surface area contributed by atoms with E-state index in [-0.39, 0.29) is 11.8 Å². The van der Waals surface area contributed by atoms with Crippen LogP contribution in [0.2, 0.25) is 0 Å². The van der Waals surface area contributed by atoms with Gasteiger partial charge in [-0.15, -0.1) is 0 Å². The summed E-state index contributed by atoms with van der Waals surface area (Å²) < 4.78 is 0. The summed E-state index contributed by atoms with van der Waals surface area (Å²) in [5.41, 5.74) is 11.4. The van der Waals surface area contributed by atoms with Crippen LogP contribution in [0.3, 0.4) is 0 Å². The van der Waals surface area contributed by atoms with Gasteiger partial charge in [0.1, 0.15) is 0 Å². The summed E-state index contributed by atoms with van der Waals surface area (Å²) in [6, 6.07) is 20.3. The third kappa shape index (κ3) is 3.38. The van der Waals surface area contributed by atoms with Gasteiger partial charge in [-0.25, -0.2) is 0 Å². The Kier molecular flexibility index (Phi) is 4.77. The van der Waals surface area contributed by atoms with Crippen molar-refractivity contribution in [1.29, 1.82) is 0 Å². The van der Waals surface area contributed by atoms with Crippen molar-refractivity contribution >= 4 is 5.91 Å². The standard InChI is InChI=1S/C22H24N4O/c1-15(23)22(27)26-13-12-19-18(14-26)21(25-24-19)20(16-8-4-2-5-9-16)17-10-6-3-7-11-17/h2-11,15,20H,12-14,23H2,1H3,(H,24,25)/t15-/m1/s1. The van der Waals surface area contributed by atoms with E-state index >= 15 is 0 Å². The van der Waals surface area contributed by atoms with Crippen LogP contribution in [-0.4, -0.2) is 33.6 Å². The Morgan fingerprint density at radius 2 is 1.67 bits per heavy atom. The van der Waals surface area contributed by atoms with E-state index in [1.165, 1.54) is 11.1 Å². The number of nitrogens with zero attached hydrogens (tertiary/aromatic N) is 2.